The molecule has 0 aliphatic carbocycles. The molecule has 0 spiro atoms. The fourth-order valence-corrected chi connectivity index (χ4v) is 2.67. The second kappa shape index (κ2) is 6.25. The number of hydrogen-bond acceptors (Lipinski definition) is 6. The molecule has 4 rings (SSSR count). The second-order valence-corrected chi connectivity index (χ2v) is 5.54. The van der Waals surface area contributed by atoms with Crippen molar-refractivity contribution >= 4 is 22.8 Å². The maximum atomic E-state index is 12.5. The molecule has 0 aliphatic heterocycles. The summed E-state index contributed by atoms with van der Waals surface area (Å²) in [6, 6.07) is 13.7. The summed E-state index contributed by atoms with van der Waals surface area (Å²) in [5, 5.41) is 12.4. The number of rotatable bonds is 4. The number of nitrogens with zero attached hydrogens (tertiary/aromatic N) is 3. The van der Waals surface area contributed by atoms with E-state index < -0.39 is 0 Å². The number of para-hydroxylation sites is 2. The molecule has 26 heavy (non-hydrogen) atoms. The van der Waals surface area contributed by atoms with E-state index in [1.807, 2.05) is 12.1 Å². The minimum atomic E-state index is -0.333. The van der Waals surface area contributed by atoms with E-state index in [9.17, 15) is 9.90 Å². The lowest BCUT2D eigenvalue weighted by atomic mass is 10.3. The average molecular weight is 349 g/mol. The van der Waals surface area contributed by atoms with Crippen LogP contribution in [0, 0.1) is 0 Å². The van der Waals surface area contributed by atoms with E-state index in [0.717, 1.165) is 0 Å². The molecule has 2 aromatic heterocycles. The molecule has 4 aromatic rings. The zero-order valence-corrected chi connectivity index (χ0v) is 13.8. The minimum absolute atomic E-state index is 0.169. The molecule has 0 fully saturated rings. The van der Waals surface area contributed by atoms with Crippen LogP contribution in [0.2, 0.25) is 0 Å². The summed E-state index contributed by atoms with van der Waals surface area (Å²) in [5.74, 6) is 1.05. The van der Waals surface area contributed by atoms with Gasteiger partial charge in [-0.2, -0.15) is 4.98 Å². The first-order chi connectivity index (χ1) is 12.7. The quantitative estimate of drug-likeness (QED) is 0.489. The number of benzene rings is 2. The number of imidazole rings is 1. The monoisotopic (exact) mass is 349 g/mol. The van der Waals surface area contributed by atoms with Crippen molar-refractivity contribution in [1.82, 2.24) is 19.5 Å². The molecule has 2 heterocycles. The summed E-state index contributed by atoms with van der Waals surface area (Å²) in [7, 11) is 1.55. The van der Waals surface area contributed by atoms with E-state index >= 15 is 0 Å². The molecule has 0 bridgehead atoms. The van der Waals surface area contributed by atoms with Gasteiger partial charge < -0.3 is 20.1 Å². The Kier molecular flexibility index (Phi) is 3.77. The smallest absolute Gasteiger partial charge is 0.332 e. The van der Waals surface area contributed by atoms with Gasteiger partial charge in [-0.1, -0.05) is 12.1 Å². The molecule has 0 unspecified atom stereocenters. The Balaban J connectivity index is 1.82. The van der Waals surface area contributed by atoms with Crippen molar-refractivity contribution in [3.8, 4) is 17.2 Å². The molecule has 0 aliphatic rings. The summed E-state index contributed by atoms with van der Waals surface area (Å²) in [6.07, 6.45) is 1.54. The molecule has 0 saturated heterocycles. The molecule has 0 radical (unpaired) electrons. The standard InChI is InChI=1S/C18H15N5O3/c1-26-15-5-3-2-4-14(15)23-16-13(21-18(23)25)10-19-17(22-16)20-11-6-8-12(24)9-7-11/h2-10,24H,1H3,(H,21,25)(H,19,20,22). The number of phenolic OH excluding ortho intramolecular Hbond substituents is 1. The minimum Gasteiger partial charge on any atom is -0.508 e. The van der Waals surface area contributed by atoms with Crippen molar-refractivity contribution in [3.63, 3.8) is 0 Å². The Morgan fingerprint density at radius 2 is 1.92 bits per heavy atom. The van der Waals surface area contributed by atoms with E-state index in [-0.39, 0.29) is 11.4 Å². The third-order valence-electron chi connectivity index (χ3n) is 3.87. The number of methoxy groups -OCH3 is 1. The number of anilines is 2. The maximum absolute atomic E-state index is 12.5. The number of ether oxygens (including phenoxy) is 1. The van der Waals surface area contributed by atoms with Crippen molar-refractivity contribution in [2.45, 2.75) is 0 Å². The van der Waals surface area contributed by atoms with Gasteiger partial charge in [-0.3, -0.25) is 0 Å². The first-order valence-electron chi connectivity index (χ1n) is 7.83. The number of aromatic amines is 1. The van der Waals surface area contributed by atoms with Gasteiger partial charge in [0.25, 0.3) is 0 Å². The number of hydrogen-bond donors (Lipinski definition) is 3. The van der Waals surface area contributed by atoms with Crippen LogP contribution in [-0.4, -0.2) is 31.7 Å². The van der Waals surface area contributed by atoms with Crippen LogP contribution >= 0.6 is 0 Å². The zero-order valence-electron chi connectivity index (χ0n) is 13.8. The summed E-state index contributed by atoms with van der Waals surface area (Å²) in [4.78, 5) is 23.9. The van der Waals surface area contributed by atoms with E-state index in [0.29, 0.717) is 34.2 Å². The molecule has 0 amide bonds. The summed E-state index contributed by atoms with van der Waals surface area (Å²) in [6.45, 7) is 0. The largest absolute Gasteiger partial charge is 0.508 e. The predicted molar refractivity (Wildman–Crippen MR) is 97.4 cm³/mol. The second-order valence-electron chi connectivity index (χ2n) is 5.54. The van der Waals surface area contributed by atoms with Gasteiger partial charge >= 0.3 is 5.69 Å². The van der Waals surface area contributed by atoms with E-state index in [1.165, 1.54) is 4.57 Å². The highest BCUT2D eigenvalue weighted by molar-refractivity contribution is 5.75. The third-order valence-corrected chi connectivity index (χ3v) is 3.87. The van der Waals surface area contributed by atoms with Crippen molar-refractivity contribution in [2.24, 2.45) is 0 Å². The highest BCUT2D eigenvalue weighted by Crippen LogP contribution is 2.24. The van der Waals surface area contributed by atoms with Crippen molar-refractivity contribution < 1.29 is 9.84 Å². The number of H-pyrrole nitrogens is 1. The highest BCUT2D eigenvalue weighted by atomic mass is 16.5. The van der Waals surface area contributed by atoms with Crippen LogP contribution in [0.4, 0.5) is 11.6 Å². The molecule has 8 heteroatoms. The number of aromatic hydroxyl groups is 1. The molecule has 130 valence electrons. The van der Waals surface area contributed by atoms with E-state index in [1.54, 1.807) is 49.7 Å². The summed E-state index contributed by atoms with van der Waals surface area (Å²) >= 11 is 0. The van der Waals surface area contributed by atoms with Crippen molar-refractivity contribution in [2.75, 3.05) is 12.4 Å². The van der Waals surface area contributed by atoms with E-state index in [4.69, 9.17) is 4.74 Å². The molecule has 8 nitrogen and oxygen atoms in total. The molecule has 2 aromatic carbocycles. The van der Waals surface area contributed by atoms with Crippen LogP contribution in [-0.2, 0) is 0 Å². The van der Waals surface area contributed by atoms with Crippen LogP contribution in [0.25, 0.3) is 16.9 Å². The number of phenols is 1. The van der Waals surface area contributed by atoms with Crippen molar-refractivity contribution in [1.29, 1.82) is 0 Å². The van der Waals surface area contributed by atoms with Crippen LogP contribution in [0.3, 0.4) is 0 Å². The number of nitrogens with one attached hydrogen (secondary N) is 2. The van der Waals surface area contributed by atoms with Crippen molar-refractivity contribution in [3.05, 3.63) is 65.2 Å². The predicted octanol–water partition coefficient (Wildman–Crippen LogP) is 2.57. The van der Waals surface area contributed by atoms with Gasteiger partial charge in [0, 0.05) is 5.69 Å². The summed E-state index contributed by atoms with van der Waals surface area (Å²) in [5.41, 5.74) is 1.90. The van der Waals surface area contributed by atoms with E-state index in [2.05, 4.69) is 20.3 Å². The zero-order chi connectivity index (χ0) is 18.1. The number of fused-ring (bicyclic) bond motifs is 1. The normalized spacial score (nSPS) is 10.8. The van der Waals surface area contributed by atoms with Gasteiger partial charge in [-0.25, -0.2) is 14.3 Å². The lowest BCUT2D eigenvalue weighted by molar-refractivity contribution is 0.413. The van der Waals surface area contributed by atoms with Gasteiger partial charge in [0.05, 0.1) is 19.0 Å². The fraction of sp³-hybridized carbons (Fsp3) is 0.0556. The summed E-state index contributed by atoms with van der Waals surface area (Å²) < 4.78 is 6.80. The SMILES string of the molecule is COc1ccccc1-n1c(=O)[nH]c2cnc(Nc3ccc(O)cc3)nc21. The van der Waals surface area contributed by atoms with Gasteiger partial charge in [0.1, 0.15) is 17.0 Å². The fourth-order valence-electron chi connectivity index (χ4n) is 2.67. The molecular formula is C18H15N5O3. The Hall–Kier alpha value is -3.81. The van der Waals surface area contributed by atoms with Gasteiger partial charge in [-0.15, -0.1) is 0 Å². The lowest BCUT2D eigenvalue weighted by Gasteiger charge is -2.09. The Bertz CT molecular complexity index is 1130. The van der Waals surface area contributed by atoms with Gasteiger partial charge in [0.2, 0.25) is 5.95 Å². The molecule has 3 N–H and O–H groups in total. The van der Waals surface area contributed by atoms with Crippen LogP contribution < -0.4 is 15.7 Å². The Morgan fingerprint density at radius 1 is 1.15 bits per heavy atom. The Labute approximate surface area is 147 Å². The molecular weight excluding hydrogens is 334 g/mol. The van der Waals surface area contributed by atoms with Crippen LogP contribution in [0.5, 0.6) is 11.5 Å². The topological polar surface area (TPSA) is 105 Å². The highest BCUT2D eigenvalue weighted by Gasteiger charge is 2.15. The van der Waals surface area contributed by atoms with Crippen LogP contribution in [0.15, 0.2) is 59.5 Å². The van der Waals surface area contributed by atoms with Gasteiger partial charge in [-0.05, 0) is 36.4 Å². The first kappa shape index (κ1) is 15.7. The third kappa shape index (κ3) is 2.73. The maximum Gasteiger partial charge on any atom is 0.332 e. The molecule has 0 atom stereocenters. The Morgan fingerprint density at radius 3 is 2.69 bits per heavy atom. The molecule has 0 saturated carbocycles. The van der Waals surface area contributed by atoms with Gasteiger partial charge in [0.15, 0.2) is 5.65 Å². The first-order valence-corrected chi connectivity index (χ1v) is 7.83. The van der Waals surface area contributed by atoms with Crippen LogP contribution in [0.1, 0.15) is 0 Å². The lowest BCUT2D eigenvalue weighted by Crippen LogP contribution is -2.15. The average Bonchev–Trinajstić information content (AvgIpc) is 2.98. The number of aromatic nitrogens is 4.